The number of phenolic OH excluding ortho intramolecular Hbond substituents is 2. The number of halogens is 1. The van der Waals surface area contributed by atoms with Crippen molar-refractivity contribution in [1.82, 2.24) is 4.90 Å². The highest BCUT2D eigenvalue weighted by atomic mass is 35.5. The highest BCUT2D eigenvalue weighted by Crippen LogP contribution is 2.38. The van der Waals surface area contributed by atoms with Crippen LogP contribution >= 0.6 is 11.6 Å². The minimum absolute atomic E-state index is 0.140. The summed E-state index contributed by atoms with van der Waals surface area (Å²) >= 11 is 6.09. The van der Waals surface area contributed by atoms with Crippen molar-refractivity contribution in [1.29, 1.82) is 0 Å². The summed E-state index contributed by atoms with van der Waals surface area (Å²) in [5.41, 5.74) is 0.680. The Hall–Kier alpha value is -1.42. The van der Waals surface area contributed by atoms with Gasteiger partial charge in [-0.05, 0) is 50.5 Å². The maximum atomic E-state index is 13.1. The predicted molar refractivity (Wildman–Crippen MR) is 99.4 cm³/mol. The van der Waals surface area contributed by atoms with Gasteiger partial charge in [0.1, 0.15) is 11.5 Å². The first kappa shape index (κ1) is 18.4. The van der Waals surface area contributed by atoms with E-state index in [1.807, 2.05) is 4.90 Å². The molecule has 0 aromatic heterocycles. The van der Waals surface area contributed by atoms with E-state index in [1.165, 1.54) is 38.2 Å². The second kappa shape index (κ2) is 7.86. The first-order chi connectivity index (χ1) is 12.0. The van der Waals surface area contributed by atoms with E-state index in [4.69, 9.17) is 11.6 Å². The molecule has 3 rings (SSSR count). The second-order valence-corrected chi connectivity index (χ2v) is 7.98. The van der Waals surface area contributed by atoms with Gasteiger partial charge in [-0.1, -0.05) is 37.3 Å². The van der Waals surface area contributed by atoms with Crippen molar-refractivity contribution in [2.24, 2.45) is 5.92 Å². The number of nitrogens with zero attached hydrogens (tertiary/aromatic N) is 1. The van der Waals surface area contributed by atoms with E-state index in [1.54, 1.807) is 6.92 Å². The van der Waals surface area contributed by atoms with E-state index in [9.17, 15) is 15.0 Å². The fraction of sp³-hybridized carbons (Fsp3) is 0.650. The van der Waals surface area contributed by atoms with E-state index < -0.39 is 0 Å². The first-order valence-corrected chi connectivity index (χ1v) is 9.88. The molecular weight excluding hydrogens is 338 g/mol. The largest absolute Gasteiger partial charge is 0.507 e. The molecule has 0 spiro atoms. The van der Waals surface area contributed by atoms with Crippen molar-refractivity contribution in [3.05, 3.63) is 22.2 Å². The number of phenols is 2. The highest BCUT2D eigenvalue weighted by molar-refractivity contribution is 6.33. The van der Waals surface area contributed by atoms with Crippen LogP contribution in [0.15, 0.2) is 6.07 Å². The van der Waals surface area contributed by atoms with Crippen LogP contribution in [0.3, 0.4) is 0 Å². The van der Waals surface area contributed by atoms with Gasteiger partial charge in [-0.2, -0.15) is 0 Å². The number of aromatic hydroxyl groups is 2. The van der Waals surface area contributed by atoms with Crippen LogP contribution in [-0.2, 0) is 0 Å². The molecule has 0 bridgehead atoms. The summed E-state index contributed by atoms with van der Waals surface area (Å²) < 4.78 is 0. The molecule has 4 nitrogen and oxygen atoms in total. The molecule has 1 aliphatic carbocycles. The average molecular weight is 366 g/mol. The number of hydrogen-bond acceptors (Lipinski definition) is 3. The van der Waals surface area contributed by atoms with Gasteiger partial charge in [-0.3, -0.25) is 4.79 Å². The smallest absolute Gasteiger partial charge is 0.258 e. The highest BCUT2D eigenvalue weighted by Gasteiger charge is 2.31. The molecule has 1 saturated heterocycles. The van der Waals surface area contributed by atoms with Crippen molar-refractivity contribution < 1.29 is 15.0 Å². The van der Waals surface area contributed by atoms with Gasteiger partial charge in [0.25, 0.3) is 5.91 Å². The number of amides is 1. The van der Waals surface area contributed by atoms with E-state index in [0.29, 0.717) is 5.56 Å². The number of rotatable bonds is 4. The molecule has 1 aromatic carbocycles. The van der Waals surface area contributed by atoms with Crippen LogP contribution in [0.25, 0.3) is 0 Å². The standard InChI is InChI=1S/C20H28ClNO3/c1-13-18(16(23)12-17(24)19(13)21)20(25)22-11-5-4-8-15(22)10-9-14-6-2-3-7-14/h12,14-15,23-24H,2-11H2,1H3. The van der Waals surface area contributed by atoms with E-state index in [-0.39, 0.29) is 34.0 Å². The van der Waals surface area contributed by atoms with Gasteiger partial charge in [0.05, 0.1) is 10.6 Å². The van der Waals surface area contributed by atoms with E-state index >= 15 is 0 Å². The average Bonchev–Trinajstić information content (AvgIpc) is 3.11. The third kappa shape index (κ3) is 3.89. The zero-order valence-electron chi connectivity index (χ0n) is 14.9. The van der Waals surface area contributed by atoms with E-state index in [0.717, 1.165) is 38.1 Å². The lowest BCUT2D eigenvalue weighted by molar-refractivity contribution is 0.0588. The Morgan fingerprint density at radius 3 is 2.52 bits per heavy atom. The fourth-order valence-corrected chi connectivity index (χ4v) is 4.62. The number of piperidine rings is 1. The molecule has 2 N–H and O–H groups in total. The molecule has 1 aliphatic heterocycles. The fourth-order valence-electron chi connectivity index (χ4n) is 4.47. The van der Waals surface area contributed by atoms with Crippen LogP contribution < -0.4 is 0 Å². The summed E-state index contributed by atoms with van der Waals surface area (Å²) in [7, 11) is 0. The second-order valence-electron chi connectivity index (χ2n) is 7.60. The summed E-state index contributed by atoms with van der Waals surface area (Å²) in [6, 6.07) is 1.41. The Kier molecular flexibility index (Phi) is 5.78. The molecule has 5 heteroatoms. The van der Waals surface area contributed by atoms with Crippen LogP contribution in [0.4, 0.5) is 0 Å². The van der Waals surface area contributed by atoms with Crippen molar-refractivity contribution >= 4 is 17.5 Å². The van der Waals surface area contributed by atoms with Crippen molar-refractivity contribution in [2.75, 3.05) is 6.54 Å². The minimum Gasteiger partial charge on any atom is -0.507 e. The SMILES string of the molecule is Cc1c(Cl)c(O)cc(O)c1C(=O)N1CCCCC1CCC1CCCC1. The number of carbonyl (C=O) groups excluding carboxylic acids is 1. The molecule has 2 fully saturated rings. The van der Waals surface area contributed by atoms with Gasteiger partial charge in [0.15, 0.2) is 0 Å². The van der Waals surface area contributed by atoms with Gasteiger partial charge in [0, 0.05) is 18.7 Å². The zero-order chi connectivity index (χ0) is 18.0. The third-order valence-electron chi connectivity index (χ3n) is 5.94. The van der Waals surface area contributed by atoms with Crippen LogP contribution in [0, 0.1) is 12.8 Å². The molecule has 1 amide bonds. The monoisotopic (exact) mass is 365 g/mol. The Bertz CT molecular complexity index is 640. The number of hydrogen-bond donors (Lipinski definition) is 2. The van der Waals surface area contributed by atoms with Crippen LogP contribution in [0.5, 0.6) is 11.5 Å². The normalized spacial score (nSPS) is 21.7. The molecule has 1 saturated carbocycles. The summed E-state index contributed by atoms with van der Waals surface area (Å²) in [4.78, 5) is 15.1. The summed E-state index contributed by atoms with van der Waals surface area (Å²) in [6.45, 7) is 2.40. The number of carbonyl (C=O) groups is 1. The predicted octanol–water partition coefficient (Wildman–Crippen LogP) is 5.02. The van der Waals surface area contributed by atoms with Crippen LogP contribution in [0.2, 0.25) is 5.02 Å². The third-order valence-corrected chi connectivity index (χ3v) is 6.42. The topological polar surface area (TPSA) is 60.8 Å². The van der Waals surface area contributed by atoms with Crippen LogP contribution in [-0.4, -0.2) is 33.6 Å². The minimum atomic E-state index is -0.190. The molecule has 1 unspecified atom stereocenters. The maximum Gasteiger partial charge on any atom is 0.258 e. The molecule has 0 radical (unpaired) electrons. The summed E-state index contributed by atoms with van der Waals surface area (Å²) in [5.74, 6) is 0.277. The van der Waals surface area contributed by atoms with Gasteiger partial charge < -0.3 is 15.1 Å². The van der Waals surface area contributed by atoms with Crippen molar-refractivity contribution in [3.8, 4) is 11.5 Å². The van der Waals surface area contributed by atoms with Crippen molar-refractivity contribution in [3.63, 3.8) is 0 Å². The van der Waals surface area contributed by atoms with Gasteiger partial charge >= 0.3 is 0 Å². The maximum absolute atomic E-state index is 13.1. The Labute approximate surface area is 154 Å². The van der Waals surface area contributed by atoms with Crippen LogP contribution in [0.1, 0.15) is 73.7 Å². The molecule has 2 aliphatic rings. The quantitative estimate of drug-likeness (QED) is 0.787. The lowest BCUT2D eigenvalue weighted by Crippen LogP contribution is -2.44. The summed E-state index contributed by atoms with van der Waals surface area (Å²) in [5, 5.41) is 20.1. The van der Waals surface area contributed by atoms with Gasteiger partial charge in [0.2, 0.25) is 0 Å². The lowest BCUT2D eigenvalue weighted by Gasteiger charge is -2.37. The molecular formula is C20H28ClNO3. The first-order valence-electron chi connectivity index (χ1n) is 9.51. The molecule has 138 valence electrons. The number of benzene rings is 1. The molecule has 1 heterocycles. The Balaban J connectivity index is 1.77. The van der Waals surface area contributed by atoms with Crippen molar-refractivity contribution in [2.45, 2.75) is 70.8 Å². The molecule has 1 aromatic rings. The molecule has 25 heavy (non-hydrogen) atoms. The molecule has 1 atom stereocenters. The zero-order valence-corrected chi connectivity index (χ0v) is 15.7. The lowest BCUT2D eigenvalue weighted by atomic mass is 9.92. The van der Waals surface area contributed by atoms with E-state index in [2.05, 4.69) is 0 Å². The Morgan fingerprint density at radius 2 is 1.80 bits per heavy atom. The van der Waals surface area contributed by atoms with Gasteiger partial charge in [-0.25, -0.2) is 0 Å². The van der Waals surface area contributed by atoms with Gasteiger partial charge in [-0.15, -0.1) is 0 Å². The number of likely N-dealkylation sites (tertiary alicyclic amines) is 1. The summed E-state index contributed by atoms with van der Waals surface area (Å²) in [6.07, 6.45) is 10.8. The Morgan fingerprint density at radius 1 is 1.12 bits per heavy atom.